The van der Waals surface area contributed by atoms with Crippen LogP contribution in [0.5, 0.6) is 0 Å². The van der Waals surface area contributed by atoms with Gasteiger partial charge in [0.15, 0.2) is 12.2 Å². The summed E-state index contributed by atoms with van der Waals surface area (Å²) in [5, 5.41) is 35.6. The second-order valence-electron chi connectivity index (χ2n) is 2.46. The van der Waals surface area contributed by atoms with E-state index in [0.717, 1.165) is 6.61 Å². The van der Waals surface area contributed by atoms with Crippen molar-refractivity contribution in [3.05, 3.63) is 6.61 Å². The van der Waals surface area contributed by atoms with Crippen LogP contribution in [0.3, 0.4) is 0 Å². The van der Waals surface area contributed by atoms with Gasteiger partial charge in [0.05, 0.1) is 6.61 Å². The zero-order chi connectivity index (χ0) is 8.43. The van der Waals surface area contributed by atoms with Crippen molar-refractivity contribution in [2.24, 2.45) is 0 Å². The lowest BCUT2D eigenvalue weighted by Crippen LogP contribution is -2.52. The van der Waals surface area contributed by atoms with E-state index in [9.17, 15) is 0 Å². The van der Waals surface area contributed by atoms with Gasteiger partial charge >= 0.3 is 0 Å². The molecule has 0 aromatic carbocycles. The Morgan fingerprint density at radius 1 is 1.18 bits per heavy atom. The first-order chi connectivity index (χ1) is 5.16. The molecule has 1 heterocycles. The minimum Gasteiger partial charge on any atom is -0.393 e. The van der Waals surface area contributed by atoms with Gasteiger partial charge in [0, 0.05) is 0 Å². The van der Waals surface area contributed by atoms with Crippen molar-refractivity contribution >= 4 is 0 Å². The van der Waals surface area contributed by atoms with Gasteiger partial charge in [-0.25, -0.2) is 0 Å². The Labute approximate surface area is 63.8 Å². The lowest BCUT2D eigenvalue weighted by Gasteiger charge is -2.26. The molecule has 4 atom stereocenters. The van der Waals surface area contributed by atoms with Crippen molar-refractivity contribution in [1.82, 2.24) is 0 Å². The van der Waals surface area contributed by atoms with E-state index in [1.165, 1.54) is 0 Å². The molecule has 5 heteroatoms. The summed E-state index contributed by atoms with van der Waals surface area (Å²) >= 11 is 0. The quantitative estimate of drug-likeness (QED) is 0.324. The predicted molar refractivity (Wildman–Crippen MR) is 34.3 cm³/mol. The maximum Gasteiger partial charge on any atom is 0.261 e. The first kappa shape index (κ1) is 8.76. The predicted octanol–water partition coefficient (Wildman–Crippen LogP) is -2.38. The van der Waals surface area contributed by atoms with Crippen LogP contribution in [0.25, 0.3) is 0 Å². The van der Waals surface area contributed by atoms with Gasteiger partial charge in [-0.15, -0.1) is 0 Å². The molecular formula is C6H11O5+. The van der Waals surface area contributed by atoms with E-state index in [-0.39, 0.29) is 6.61 Å². The van der Waals surface area contributed by atoms with Crippen LogP contribution in [0.2, 0.25) is 0 Å². The minimum atomic E-state index is -1.28. The largest absolute Gasteiger partial charge is 0.393 e. The summed E-state index contributed by atoms with van der Waals surface area (Å²) in [4.78, 5) is 0. The van der Waals surface area contributed by atoms with Crippen molar-refractivity contribution in [1.29, 1.82) is 0 Å². The molecule has 0 bridgehead atoms. The van der Waals surface area contributed by atoms with E-state index in [4.69, 9.17) is 20.4 Å². The van der Waals surface area contributed by atoms with Crippen LogP contribution in [0.15, 0.2) is 0 Å². The first-order valence-corrected chi connectivity index (χ1v) is 3.30. The zero-order valence-corrected chi connectivity index (χ0v) is 5.79. The van der Waals surface area contributed by atoms with Gasteiger partial charge in [-0.05, 0) is 0 Å². The van der Waals surface area contributed by atoms with Gasteiger partial charge in [0.2, 0.25) is 0 Å². The van der Waals surface area contributed by atoms with Crippen LogP contribution in [-0.4, -0.2) is 51.4 Å². The number of hydrogen-bond donors (Lipinski definition) is 4. The third-order valence-electron chi connectivity index (χ3n) is 1.65. The van der Waals surface area contributed by atoms with Gasteiger partial charge in [-0.2, -0.15) is 4.74 Å². The molecule has 5 nitrogen and oxygen atoms in total. The topological polar surface area (TPSA) is 90.2 Å². The summed E-state index contributed by atoms with van der Waals surface area (Å²) in [5.74, 6) is 0. The number of aliphatic hydroxyl groups is 4. The molecule has 1 rings (SSSR count). The van der Waals surface area contributed by atoms with Crippen LogP contribution in [0.4, 0.5) is 0 Å². The van der Waals surface area contributed by atoms with E-state index in [1.54, 1.807) is 0 Å². The standard InChI is InChI=1S/C6H11O5/c7-1-4-6(10)5(9)3(8)2-11-4/h2-10H,1H2/q+1/t3-,4-,5-,6-/m1/s1. The number of aliphatic hydroxyl groups excluding tert-OH is 4. The van der Waals surface area contributed by atoms with Crippen LogP contribution in [0.1, 0.15) is 0 Å². The van der Waals surface area contributed by atoms with E-state index in [2.05, 4.69) is 4.74 Å². The lowest BCUT2D eigenvalue weighted by molar-refractivity contribution is -0.169. The summed E-state index contributed by atoms with van der Waals surface area (Å²) < 4.78 is 4.69. The van der Waals surface area contributed by atoms with E-state index < -0.39 is 24.4 Å². The van der Waals surface area contributed by atoms with Gasteiger partial charge in [-0.1, -0.05) is 0 Å². The molecule has 0 unspecified atom stereocenters. The average Bonchev–Trinajstić information content (AvgIpc) is 2.01. The molecule has 11 heavy (non-hydrogen) atoms. The Kier molecular flexibility index (Phi) is 2.69. The molecule has 0 aromatic rings. The second-order valence-corrected chi connectivity index (χ2v) is 2.46. The molecule has 1 saturated heterocycles. The van der Waals surface area contributed by atoms with Crippen molar-refractivity contribution in [3.63, 3.8) is 0 Å². The molecule has 0 amide bonds. The Hall–Kier alpha value is -0.330. The Bertz CT molecular complexity index is 126. The third kappa shape index (κ3) is 1.63. The Morgan fingerprint density at radius 2 is 1.82 bits per heavy atom. The molecule has 1 fully saturated rings. The summed E-state index contributed by atoms with van der Waals surface area (Å²) in [6, 6.07) is 0. The maximum absolute atomic E-state index is 9.09. The fourth-order valence-corrected chi connectivity index (χ4v) is 0.915. The fourth-order valence-electron chi connectivity index (χ4n) is 0.915. The minimum absolute atomic E-state index is 0.387. The van der Waals surface area contributed by atoms with Crippen LogP contribution < -0.4 is 0 Å². The highest BCUT2D eigenvalue weighted by atomic mass is 16.5. The highest BCUT2D eigenvalue weighted by Crippen LogP contribution is 2.17. The van der Waals surface area contributed by atoms with Crippen molar-refractivity contribution in [2.45, 2.75) is 24.4 Å². The van der Waals surface area contributed by atoms with Crippen LogP contribution >= 0.6 is 0 Å². The average molecular weight is 163 g/mol. The zero-order valence-electron chi connectivity index (χ0n) is 5.79. The highest BCUT2D eigenvalue weighted by Gasteiger charge is 2.44. The van der Waals surface area contributed by atoms with Gasteiger partial charge < -0.3 is 20.4 Å². The number of ether oxygens (including phenoxy) is 1. The highest BCUT2D eigenvalue weighted by molar-refractivity contribution is 4.91. The molecule has 0 aliphatic carbocycles. The third-order valence-corrected chi connectivity index (χ3v) is 1.65. The lowest BCUT2D eigenvalue weighted by atomic mass is 10.0. The number of rotatable bonds is 1. The van der Waals surface area contributed by atoms with Gasteiger partial charge in [0.25, 0.3) is 12.7 Å². The monoisotopic (exact) mass is 163 g/mol. The molecule has 0 spiro atoms. The molecule has 0 saturated carbocycles. The molecule has 0 aromatic heterocycles. The van der Waals surface area contributed by atoms with E-state index in [1.807, 2.05) is 0 Å². The molecule has 0 radical (unpaired) electrons. The van der Waals surface area contributed by atoms with E-state index in [0.29, 0.717) is 0 Å². The summed E-state index contributed by atoms with van der Waals surface area (Å²) in [6.45, 7) is 0.611. The first-order valence-electron chi connectivity index (χ1n) is 3.30. The van der Waals surface area contributed by atoms with Crippen molar-refractivity contribution < 1.29 is 25.2 Å². The van der Waals surface area contributed by atoms with Crippen LogP contribution in [-0.2, 0) is 4.74 Å². The van der Waals surface area contributed by atoms with Gasteiger partial charge in [-0.3, -0.25) is 0 Å². The summed E-state index contributed by atoms with van der Waals surface area (Å²) in [6.07, 6.45) is -4.54. The van der Waals surface area contributed by atoms with Crippen LogP contribution in [0, 0.1) is 6.61 Å². The molecule has 1 aliphatic rings. The van der Waals surface area contributed by atoms with Gasteiger partial charge in [0.1, 0.15) is 6.10 Å². The fraction of sp³-hybridized carbons (Fsp3) is 0.833. The van der Waals surface area contributed by atoms with Crippen molar-refractivity contribution in [2.75, 3.05) is 6.61 Å². The maximum atomic E-state index is 9.09. The SMILES string of the molecule is OC[C@H]1O[CH+][C@@H](O)[C@@H](O)[C@@H]1O. The normalized spacial score (nSPS) is 45.1. The Balaban J connectivity index is 2.52. The number of hydrogen-bond acceptors (Lipinski definition) is 5. The Morgan fingerprint density at radius 3 is 2.36 bits per heavy atom. The smallest absolute Gasteiger partial charge is 0.261 e. The van der Waals surface area contributed by atoms with E-state index >= 15 is 0 Å². The molecule has 64 valence electrons. The molecular weight excluding hydrogens is 152 g/mol. The summed E-state index contributed by atoms with van der Waals surface area (Å²) in [5.41, 5.74) is 0. The molecule has 1 aliphatic heterocycles. The van der Waals surface area contributed by atoms with Crippen molar-refractivity contribution in [3.8, 4) is 0 Å². The molecule has 4 N–H and O–H groups in total. The second kappa shape index (κ2) is 3.38. The summed E-state index contributed by atoms with van der Waals surface area (Å²) in [7, 11) is 0.